The van der Waals surface area contributed by atoms with Crippen LogP contribution in [0.3, 0.4) is 0 Å². The topological polar surface area (TPSA) is 40.8 Å². The molecule has 5 heteroatoms. The smallest absolute Gasteiger partial charge is 0.241 e. The van der Waals surface area contributed by atoms with Crippen LogP contribution in [-0.4, -0.2) is 28.9 Å². The first kappa shape index (κ1) is 23.1. The zero-order chi connectivity index (χ0) is 25.4. The zero-order valence-electron chi connectivity index (χ0n) is 20.9. The van der Waals surface area contributed by atoms with E-state index in [2.05, 4.69) is 52.0 Å². The largest absolute Gasteiger partial charge is 0.297 e. The lowest BCUT2D eigenvalue weighted by molar-refractivity contribution is -0.124. The van der Waals surface area contributed by atoms with Gasteiger partial charge in [0.25, 0.3) is 0 Å². The molecule has 3 heterocycles. The fourth-order valence-corrected chi connectivity index (χ4v) is 5.87. The summed E-state index contributed by atoms with van der Waals surface area (Å²) in [5, 5.41) is 0. The van der Waals surface area contributed by atoms with E-state index in [1.54, 1.807) is 0 Å². The van der Waals surface area contributed by atoms with E-state index in [9.17, 15) is 4.79 Å². The number of carbonyl (C=O) groups is 1. The summed E-state index contributed by atoms with van der Waals surface area (Å²) in [4.78, 5) is 26.9. The molecule has 1 saturated heterocycles. The Morgan fingerprint density at radius 3 is 2.32 bits per heavy atom. The molecule has 1 spiro atoms. The van der Waals surface area contributed by atoms with E-state index >= 15 is 0 Å². The molecule has 6 rings (SSSR count). The highest BCUT2D eigenvalue weighted by molar-refractivity contribution is 6.14. The summed E-state index contributed by atoms with van der Waals surface area (Å²) in [5.41, 5.74) is 7.02. The van der Waals surface area contributed by atoms with E-state index in [4.69, 9.17) is 6.57 Å². The summed E-state index contributed by atoms with van der Waals surface area (Å²) < 4.78 is 0. The highest BCUT2D eigenvalue weighted by Crippen LogP contribution is 2.54. The third-order valence-electron chi connectivity index (χ3n) is 7.91. The number of aryl methyl sites for hydroxylation is 1. The fourth-order valence-electron chi connectivity index (χ4n) is 5.87. The van der Waals surface area contributed by atoms with Crippen LogP contribution in [0.4, 0.5) is 17.1 Å². The van der Waals surface area contributed by atoms with Crippen LogP contribution in [0.5, 0.6) is 0 Å². The average Bonchev–Trinajstić information content (AvgIpc) is 3.19. The second-order valence-corrected chi connectivity index (χ2v) is 9.96. The first-order chi connectivity index (χ1) is 18.1. The van der Waals surface area contributed by atoms with Crippen molar-refractivity contribution in [3.63, 3.8) is 0 Å². The molecule has 0 saturated carbocycles. The van der Waals surface area contributed by atoms with Crippen molar-refractivity contribution in [3.8, 4) is 11.1 Å². The number of pyridine rings is 1. The van der Waals surface area contributed by atoms with Gasteiger partial charge >= 0.3 is 0 Å². The van der Waals surface area contributed by atoms with Crippen molar-refractivity contribution in [1.29, 1.82) is 0 Å². The van der Waals surface area contributed by atoms with Gasteiger partial charge in [0, 0.05) is 24.1 Å². The SMILES string of the molecule is [C-]#[N+]c1cccc2c1C1(CCN(Cc3ncccc3C)CC1)C(=O)N2c1ccc(-c2ccccc2)cc1. The van der Waals surface area contributed by atoms with Crippen molar-refractivity contribution < 1.29 is 4.79 Å². The Bertz CT molecular complexity index is 1500. The predicted molar refractivity (Wildman–Crippen MR) is 147 cm³/mol. The number of hydrogen-bond donors (Lipinski definition) is 0. The van der Waals surface area contributed by atoms with Gasteiger partial charge in [-0.1, -0.05) is 60.7 Å². The molecule has 1 fully saturated rings. The lowest BCUT2D eigenvalue weighted by Crippen LogP contribution is -2.47. The van der Waals surface area contributed by atoms with Crippen LogP contribution in [0.15, 0.2) is 91.1 Å². The molecule has 3 aromatic carbocycles. The molecule has 1 amide bonds. The monoisotopic (exact) mass is 484 g/mol. The maximum absolute atomic E-state index is 14.3. The molecule has 1 aromatic heterocycles. The quantitative estimate of drug-likeness (QED) is 0.299. The number of benzene rings is 3. The Labute approximate surface area is 217 Å². The molecule has 0 aliphatic carbocycles. The fraction of sp³-hybridized carbons (Fsp3) is 0.219. The number of carbonyl (C=O) groups excluding carboxylic acids is 1. The van der Waals surface area contributed by atoms with Crippen LogP contribution in [0.1, 0.15) is 29.7 Å². The molecule has 2 aliphatic rings. The van der Waals surface area contributed by atoms with E-state index < -0.39 is 5.41 Å². The maximum atomic E-state index is 14.3. The van der Waals surface area contributed by atoms with Gasteiger partial charge in [0.05, 0.1) is 17.7 Å². The van der Waals surface area contributed by atoms with Crippen LogP contribution in [0.2, 0.25) is 0 Å². The molecular weight excluding hydrogens is 456 g/mol. The minimum absolute atomic E-state index is 0.0831. The third kappa shape index (κ3) is 3.91. The van der Waals surface area contributed by atoms with Gasteiger partial charge in [-0.2, -0.15) is 0 Å². The molecule has 0 bridgehead atoms. The van der Waals surface area contributed by atoms with E-state index in [-0.39, 0.29) is 5.91 Å². The van der Waals surface area contributed by atoms with Crippen molar-refractivity contribution in [2.45, 2.75) is 31.7 Å². The standard InChI is InChI=1S/C32H28N4O/c1-23-8-7-19-34-28(23)22-35-20-17-32(18-21-35)30-27(33-2)11-6-12-29(30)36(31(32)37)26-15-13-25(14-16-26)24-9-4-3-5-10-24/h3-16,19H,17-18,20-22H2,1H3. The first-order valence-corrected chi connectivity index (χ1v) is 12.7. The average molecular weight is 485 g/mol. The number of piperidine rings is 1. The van der Waals surface area contributed by atoms with Crippen LogP contribution in [-0.2, 0) is 16.8 Å². The van der Waals surface area contributed by atoms with Gasteiger partial charge in [0.2, 0.25) is 5.91 Å². The lowest BCUT2D eigenvalue weighted by atomic mass is 9.73. The van der Waals surface area contributed by atoms with Crippen molar-refractivity contribution in [3.05, 3.63) is 119 Å². The second kappa shape index (κ2) is 9.31. The highest BCUT2D eigenvalue weighted by Gasteiger charge is 2.53. The van der Waals surface area contributed by atoms with Crippen molar-refractivity contribution in [2.75, 3.05) is 18.0 Å². The van der Waals surface area contributed by atoms with Crippen molar-refractivity contribution in [2.24, 2.45) is 0 Å². The molecule has 0 atom stereocenters. The van der Waals surface area contributed by atoms with Gasteiger partial charge in [0.1, 0.15) is 0 Å². The summed E-state index contributed by atoms with van der Waals surface area (Å²) in [6, 6.07) is 28.2. The molecule has 37 heavy (non-hydrogen) atoms. The summed E-state index contributed by atoms with van der Waals surface area (Å²) in [6.45, 7) is 12.3. The number of fused-ring (bicyclic) bond motifs is 2. The van der Waals surface area contributed by atoms with Crippen LogP contribution < -0.4 is 4.90 Å². The molecule has 4 aromatic rings. The number of rotatable bonds is 4. The Morgan fingerprint density at radius 1 is 0.892 bits per heavy atom. The minimum Gasteiger partial charge on any atom is -0.297 e. The Morgan fingerprint density at radius 2 is 1.62 bits per heavy atom. The first-order valence-electron chi connectivity index (χ1n) is 12.7. The highest BCUT2D eigenvalue weighted by atomic mass is 16.2. The normalized spacial score (nSPS) is 16.5. The Hall–Kier alpha value is -4.27. The number of anilines is 2. The maximum Gasteiger partial charge on any atom is 0.241 e. The van der Waals surface area contributed by atoms with E-state index in [1.165, 1.54) is 5.56 Å². The van der Waals surface area contributed by atoms with Crippen molar-refractivity contribution >= 4 is 23.0 Å². The number of amides is 1. The molecular formula is C32H28N4O. The molecule has 0 N–H and O–H groups in total. The van der Waals surface area contributed by atoms with Gasteiger partial charge < -0.3 is 0 Å². The van der Waals surface area contributed by atoms with Crippen LogP contribution >= 0.6 is 0 Å². The summed E-state index contributed by atoms with van der Waals surface area (Å²) in [7, 11) is 0. The molecule has 0 radical (unpaired) electrons. The number of aromatic nitrogens is 1. The van der Waals surface area contributed by atoms with Gasteiger partial charge in [-0.15, -0.1) is 0 Å². The minimum atomic E-state index is -0.676. The predicted octanol–water partition coefficient (Wildman–Crippen LogP) is 6.82. The van der Waals surface area contributed by atoms with Gasteiger partial charge in [-0.3, -0.25) is 19.6 Å². The van der Waals surface area contributed by atoms with Crippen molar-refractivity contribution in [1.82, 2.24) is 9.88 Å². The number of hydrogen-bond acceptors (Lipinski definition) is 3. The van der Waals surface area contributed by atoms with Crippen LogP contribution in [0, 0.1) is 13.5 Å². The van der Waals surface area contributed by atoms with Gasteiger partial charge in [0.15, 0.2) is 5.69 Å². The Kier molecular flexibility index (Phi) is 5.82. The van der Waals surface area contributed by atoms with E-state index in [1.807, 2.05) is 65.7 Å². The Balaban J connectivity index is 1.33. The summed E-state index contributed by atoms with van der Waals surface area (Å²) >= 11 is 0. The van der Waals surface area contributed by atoms with Crippen LogP contribution in [0.25, 0.3) is 16.0 Å². The zero-order valence-corrected chi connectivity index (χ0v) is 20.9. The third-order valence-corrected chi connectivity index (χ3v) is 7.91. The molecule has 5 nitrogen and oxygen atoms in total. The van der Waals surface area contributed by atoms with Gasteiger partial charge in [-0.25, -0.2) is 4.85 Å². The summed E-state index contributed by atoms with van der Waals surface area (Å²) in [6.07, 6.45) is 3.22. The van der Waals surface area contributed by atoms with Gasteiger partial charge in [-0.05, 0) is 79.4 Å². The summed E-state index contributed by atoms with van der Waals surface area (Å²) in [5.74, 6) is 0.0831. The number of likely N-dealkylation sites (tertiary alicyclic amines) is 1. The van der Waals surface area contributed by atoms with E-state index in [0.29, 0.717) is 18.5 Å². The molecule has 0 unspecified atom stereocenters. The molecule has 2 aliphatic heterocycles. The second-order valence-electron chi connectivity index (χ2n) is 9.96. The van der Waals surface area contributed by atoms with E-state index in [0.717, 1.165) is 53.4 Å². The number of nitrogens with zero attached hydrogens (tertiary/aromatic N) is 4. The molecule has 182 valence electrons. The lowest BCUT2D eigenvalue weighted by Gasteiger charge is -2.39.